The Morgan fingerprint density at radius 3 is 2.95 bits per heavy atom. The van der Waals surface area contributed by atoms with Crippen LogP contribution in [0.5, 0.6) is 0 Å². The van der Waals surface area contributed by atoms with Gasteiger partial charge in [0, 0.05) is 19.2 Å². The van der Waals surface area contributed by atoms with Crippen LogP contribution in [-0.2, 0) is 4.74 Å². The molecule has 1 saturated heterocycles. The lowest BCUT2D eigenvalue weighted by Crippen LogP contribution is -2.31. The van der Waals surface area contributed by atoms with Crippen LogP contribution >= 0.6 is 0 Å². The fourth-order valence-electron chi connectivity index (χ4n) is 2.59. The Hall–Kier alpha value is -0.970. The van der Waals surface area contributed by atoms with Crippen LogP contribution in [0.4, 0.5) is 4.39 Å². The molecule has 2 atom stereocenters. The maximum absolute atomic E-state index is 13.5. The van der Waals surface area contributed by atoms with Gasteiger partial charge in [-0.05, 0) is 57.0 Å². The fourth-order valence-corrected chi connectivity index (χ4v) is 2.59. The Balaban J connectivity index is 1.78. The van der Waals surface area contributed by atoms with Gasteiger partial charge in [0.25, 0.3) is 0 Å². The zero-order chi connectivity index (χ0) is 14.5. The topological polar surface area (TPSA) is 38.5 Å². The van der Waals surface area contributed by atoms with Gasteiger partial charge in [-0.15, -0.1) is 0 Å². The molecule has 0 aliphatic carbocycles. The number of ether oxygens (including phenoxy) is 1. The Labute approximate surface area is 120 Å². The zero-order valence-electron chi connectivity index (χ0n) is 12.4. The van der Waals surface area contributed by atoms with E-state index in [2.05, 4.69) is 11.9 Å². The van der Waals surface area contributed by atoms with Gasteiger partial charge < -0.3 is 15.4 Å². The smallest absolute Gasteiger partial charge is 0.126 e. The SMILES string of the molecule is Cc1ccc(C(N)CCN(C)CC2CCCO2)cc1F. The summed E-state index contributed by atoms with van der Waals surface area (Å²) in [5, 5.41) is 0. The molecule has 2 unspecified atom stereocenters. The molecule has 0 saturated carbocycles. The fraction of sp³-hybridized carbons (Fsp3) is 0.625. The van der Waals surface area contributed by atoms with Gasteiger partial charge >= 0.3 is 0 Å². The van der Waals surface area contributed by atoms with Gasteiger partial charge in [-0.1, -0.05) is 12.1 Å². The molecule has 1 heterocycles. The minimum atomic E-state index is -0.175. The average molecular weight is 280 g/mol. The lowest BCUT2D eigenvalue weighted by Gasteiger charge is -2.22. The van der Waals surface area contributed by atoms with Gasteiger partial charge in [-0.3, -0.25) is 0 Å². The minimum absolute atomic E-state index is 0.114. The van der Waals surface area contributed by atoms with Crippen LogP contribution in [0.3, 0.4) is 0 Å². The van der Waals surface area contributed by atoms with E-state index < -0.39 is 0 Å². The first-order valence-electron chi connectivity index (χ1n) is 7.38. The summed E-state index contributed by atoms with van der Waals surface area (Å²) in [5.41, 5.74) is 7.68. The van der Waals surface area contributed by atoms with E-state index in [1.807, 2.05) is 6.07 Å². The summed E-state index contributed by atoms with van der Waals surface area (Å²) in [6.07, 6.45) is 3.51. The van der Waals surface area contributed by atoms with Crippen molar-refractivity contribution in [3.63, 3.8) is 0 Å². The number of aryl methyl sites for hydroxylation is 1. The molecular weight excluding hydrogens is 255 g/mol. The Morgan fingerprint density at radius 1 is 1.50 bits per heavy atom. The van der Waals surface area contributed by atoms with Crippen molar-refractivity contribution in [2.75, 3.05) is 26.7 Å². The number of hydrogen-bond acceptors (Lipinski definition) is 3. The Morgan fingerprint density at radius 2 is 2.30 bits per heavy atom. The zero-order valence-corrected chi connectivity index (χ0v) is 12.4. The molecule has 1 aromatic rings. The second kappa shape index (κ2) is 7.16. The predicted molar refractivity (Wildman–Crippen MR) is 79.2 cm³/mol. The second-order valence-corrected chi connectivity index (χ2v) is 5.80. The Kier molecular flexibility index (Phi) is 5.52. The minimum Gasteiger partial charge on any atom is -0.377 e. The molecule has 1 aliphatic heterocycles. The average Bonchev–Trinajstić information content (AvgIpc) is 2.92. The van der Waals surface area contributed by atoms with Crippen LogP contribution < -0.4 is 5.73 Å². The van der Waals surface area contributed by atoms with Crippen molar-refractivity contribution in [2.24, 2.45) is 5.73 Å². The number of halogens is 1. The van der Waals surface area contributed by atoms with E-state index >= 15 is 0 Å². The van der Waals surface area contributed by atoms with E-state index in [9.17, 15) is 4.39 Å². The van der Waals surface area contributed by atoms with Gasteiger partial charge in [0.2, 0.25) is 0 Å². The second-order valence-electron chi connectivity index (χ2n) is 5.80. The maximum Gasteiger partial charge on any atom is 0.126 e. The van der Waals surface area contributed by atoms with E-state index in [-0.39, 0.29) is 11.9 Å². The van der Waals surface area contributed by atoms with E-state index in [0.29, 0.717) is 11.7 Å². The summed E-state index contributed by atoms with van der Waals surface area (Å²) >= 11 is 0. The molecule has 3 nitrogen and oxygen atoms in total. The number of rotatable bonds is 6. The maximum atomic E-state index is 13.5. The lowest BCUT2D eigenvalue weighted by molar-refractivity contribution is 0.0804. The lowest BCUT2D eigenvalue weighted by atomic mass is 10.0. The Bertz CT molecular complexity index is 432. The molecule has 0 amide bonds. The van der Waals surface area contributed by atoms with Gasteiger partial charge in [-0.25, -0.2) is 4.39 Å². The molecule has 0 bridgehead atoms. The summed E-state index contributed by atoms with van der Waals surface area (Å²) in [4.78, 5) is 2.25. The molecule has 112 valence electrons. The van der Waals surface area contributed by atoms with Crippen molar-refractivity contribution in [1.29, 1.82) is 0 Å². The van der Waals surface area contributed by atoms with Crippen molar-refractivity contribution >= 4 is 0 Å². The number of likely N-dealkylation sites (N-methyl/N-ethyl adjacent to an activating group) is 1. The van der Waals surface area contributed by atoms with Gasteiger partial charge in [0.05, 0.1) is 6.10 Å². The third-order valence-corrected chi connectivity index (χ3v) is 3.99. The highest BCUT2D eigenvalue weighted by Crippen LogP contribution is 2.18. The van der Waals surface area contributed by atoms with Crippen molar-refractivity contribution < 1.29 is 9.13 Å². The van der Waals surface area contributed by atoms with Crippen molar-refractivity contribution in [2.45, 2.75) is 38.3 Å². The highest BCUT2D eigenvalue weighted by atomic mass is 19.1. The standard InChI is InChI=1S/C16H25FN2O/c1-12-5-6-13(10-15(12)17)16(18)7-8-19(2)11-14-4-3-9-20-14/h5-6,10,14,16H,3-4,7-9,11,18H2,1-2H3. The van der Waals surface area contributed by atoms with Crippen LogP contribution in [-0.4, -0.2) is 37.7 Å². The summed E-state index contributed by atoms with van der Waals surface area (Å²) in [7, 11) is 2.09. The molecule has 0 radical (unpaired) electrons. The normalized spacial score (nSPS) is 20.6. The highest BCUT2D eigenvalue weighted by molar-refractivity contribution is 5.25. The largest absolute Gasteiger partial charge is 0.377 e. The molecule has 1 aromatic carbocycles. The van der Waals surface area contributed by atoms with Crippen molar-refractivity contribution in [3.8, 4) is 0 Å². The highest BCUT2D eigenvalue weighted by Gasteiger charge is 2.17. The van der Waals surface area contributed by atoms with E-state index in [4.69, 9.17) is 10.5 Å². The first-order valence-corrected chi connectivity index (χ1v) is 7.38. The van der Waals surface area contributed by atoms with E-state index in [1.54, 1.807) is 19.1 Å². The first kappa shape index (κ1) is 15.4. The van der Waals surface area contributed by atoms with Gasteiger partial charge in [-0.2, -0.15) is 0 Å². The predicted octanol–water partition coefficient (Wildman–Crippen LogP) is 2.63. The monoisotopic (exact) mass is 280 g/mol. The molecule has 4 heteroatoms. The van der Waals surface area contributed by atoms with Crippen LogP contribution in [0, 0.1) is 12.7 Å². The molecule has 20 heavy (non-hydrogen) atoms. The molecule has 1 fully saturated rings. The summed E-state index contributed by atoms with van der Waals surface area (Å²) in [5.74, 6) is -0.175. The third kappa shape index (κ3) is 4.27. The van der Waals surface area contributed by atoms with Crippen LogP contribution in [0.1, 0.15) is 36.4 Å². The molecular formula is C16H25FN2O. The quantitative estimate of drug-likeness (QED) is 0.870. The molecule has 2 rings (SSSR count). The van der Waals surface area contributed by atoms with Crippen LogP contribution in [0.2, 0.25) is 0 Å². The van der Waals surface area contributed by atoms with E-state index in [0.717, 1.165) is 38.1 Å². The summed E-state index contributed by atoms with van der Waals surface area (Å²) in [6.45, 7) is 4.51. The van der Waals surface area contributed by atoms with Crippen molar-refractivity contribution in [3.05, 3.63) is 35.1 Å². The number of nitrogens with zero attached hydrogens (tertiary/aromatic N) is 1. The molecule has 0 aromatic heterocycles. The van der Waals surface area contributed by atoms with E-state index in [1.165, 1.54) is 6.42 Å². The number of hydrogen-bond donors (Lipinski definition) is 1. The molecule has 2 N–H and O–H groups in total. The van der Waals surface area contributed by atoms with Crippen molar-refractivity contribution in [1.82, 2.24) is 4.90 Å². The van der Waals surface area contributed by atoms with Gasteiger partial charge in [0.1, 0.15) is 5.82 Å². The van der Waals surface area contributed by atoms with Crippen LogP contribution in [0.25, 0.3) is 0 Å². The molecule has 1 aliphatic rings. The number of benzene rings is 1. The third-order valence-electron chi connectivity index (χ3n) is 3.99. The summed E-state index contributed by atoms with van der Waals surface area (Å²) < 4.78 is 19.1. The summed E-state index contributed by atoms with van der Waals surface area (Å²) in [6, 6.07) is 5.15. The first-order chi connectivity index (χ1) is 9.56. The molecule has 0 spiro atoms. The van der Waals surface area contributed by atoms with Gasteiger partial charge in [0.15, 0.2) is 0 Å². The number of nitrogens with two attached hydrogens (primary N) is 1. The van der Waals surface area contributed by atoms with Crippen LogP contribution in [0.15, 0.2) is 18.2 Å².